The molecule has 0 saturated heterocycles. The van der Waals surface area contributed by atoms with Gasteiger partial charge in [-0.05, 0) is 26.0 Å². The highest BCUT2D eigenvalue weighted by molar-refractivity contribution is 7.85. The van der Waals surface area contributed by atoms with E-state index in [2.05, 4.69) is 0 Å². The van der Waals surface area contributed by atoms with Crippen molar-refractivity contribution in [1.82, 2.24) is 0 Å². The maximum Gasteiger partial charge on any atom is 0.124 e. The molecule has 5 nitrogen and oxygen atoms in total. The number of benzene rings is 1. The second-order valence-electron chi connectivity index (χ2n) is 5.53. The molecular formula is C13H21NO4S. The SMILES string of the molecule is Cc1ccc(S(=O)(=O)[O-])c(C[N+](C)(C)[C@H](C)CO)c1. The number of likely N-dealkylation sites (N-methyl/N-ethyl adjacent to an activating group) is 1. The smallest absolute Gasteiger partial charge is 0.124 e. The predicted octanol–water partition coefficient (Wildman–Crippen LogP) is 0.856. The number of rotatable bonds is 5. The van der Waals surface area contributed by atoms with Crippen LogP contribution in [0.5, 0.6) is 0 Å². The first-order chi connectivity index (χ1) is 8.58. The average molecular weight is 287 g/mol. The van der Waals surface area contributed by atoms with Crippen LogP contribution in [0.25, 0.3) is 0 Å². The van der Waals surface area contributed by atoms with Crippen molar-refractivity contribution in [1.29, 1.82) is 0 Å². The van der Waals surface area contributed by atoms with E-state index in [0.29, 0.717) is 16.6 Å². The Morgan fingerprint density at radius 2 is 1.95 bits per heavy atom. The molecule has 108 valence electrons. The quantitative estimate of drug-likeness (QED) is 0.643. The Morgan fingerprint density at radius 3 is 2.42 bits per heavy atom. The van der Waals surface area contributed by atoms with E-state index in [1.807, 2.05) is 27.9 Å². The summed E-state index contributed by atoms with van der Waals surface area (Å²) in [5.41, 5.74) is 1.40. The molecule has 0 bridgehead atoms. The Hall–Kier alpha value is -0.950. The van der Waals surface area contributed by atoms with Gasteiger partial charge in [-0.15, -0.1) is 0 Å². The van der Waals surface area contributed by atoms with Crippen LogP contribution in [0.1, 0.15) is 18.1 Å². The number of aliphatic hydroxyl groups excluding tert-OH is 1. The van der Waals surface area contributed by atoms with E-state index in [9.17, 15) is 18.1 Å². The summed E-state index contributed by atoms with van der Waals surface area (Å²) in [6, 6.07) is 4.64. The summed E-state index contributed by atoms with van der Waals surface area (Å²) in [5, 5.41) is 9.24. The van der Waals surface area contributed by atoms with Crippen LogP contribution < -0.4 is 0 Å². The summed E-state index contributed by atoms with van der Waals surface area (Å²) in [6.45, 7) is 4.10. The molecule has 0 radical (unpaired) electrons. The first-order valence-corrected chi connectivity index (χ1v) is 7.47. The number of hydrogen-bond donors (Lipinski definition) is 1. The molecule has 0 aliphatic heterocycles. The van der Waals surface area contributed by atoms with Gasteiger partial charge in [0.1, 0.15) is 22.7 Å². The van der Waals surface area contributed by atoms with Crippen molar-refractivity contribution in [2.24, 2.45) is 0 Å². The molecule has 0 aliphatic rings. The predicted molar refractivity (Wildman–Crippen MR) is 71.5 cm³/mol. The molecule has 0 aromatic heterocycles. The third-order valence-electron chi connectivity index (χ3n) is 3.52. The number of quaternary nitrogens is 1. The van der Waals surface area contributed by atoms with Crippen LogP contribution in [0.4, 0.5) is 0 Å². The van der Waals surface area contributed by atoms with Crippen molar-refractivity contribution in [3.63, 3.8) is 0 Å². The zero-order chi connectivity index (χ0) is 14.8. The molecule has 1 aromatic carbocycles. The van der Waals surface area contributed by atoms with Gasteiger partial charge < -0.3 is 14.1 Å². The van der Waals surface area contributed by atoms with Gasteiger partial charge in [-0.2, -0.15) is 0 Å². The summed E-state index contributed by atoms with van der Waals surface area (Å²) in [6.07, 6.45) is 0. The van der Waals surface area contributed by atoms with Crippen molar-refractivity contribution in [3.05, 3.63) is 29.3 Å². The molecule has 0 amide bonds. The van der Waals surface area contributed by atoms with Crippen LogP contribution in [-0.2, 0) is 16.7 Å². The molecule has 1 N–H and O–H groups in total. The zero-order valence-corrected chi connectivity index (χ0v) is 12.6. The molecule has 1 atom stereocenters. The van der Waals surface area contributed by atoms with Crippen molar-refractivity contribution in [2.45, 2.75) is 31.3 Å². The van der Waals surface area contributed by atoms with E-state index in [4.69, 9.17) is 0 Å². The summed E-state index contributed by atoms with van der Waals surface area (Å²) in [4.78, 5) is -0.172. The van der Waals surface area contributed by atoms with Gasteiger partial charge in [-0.3, -0.25) is 0 Å². The van der Waals surface area contributed by atoms with Crippen LogP contribution in [0, 0.1) is 6.92 Å². The van der Waals surface area contributed by atoms with Gasteiger partial charge in [0.15, 0.2) is 0 Å². The van der Waals surface area contributed by atoms with E-state index >= 15 is 0 Å². The van der Waals surface area contributed by atoms with Gasteiger partial charge >= 0.3 is 0 Å². The Bertz CT molecular complexity index is 552. The molecule has 19 heavy (non-hydrogen) atoms. The maximum absolute atomic E-state index is 11.3. The Balaban J connectivity index is 3.24. The van der Waals surface area contributed by atoms with E-state index in [1.165, 1.54) is 6.07 Å². The number of aryl methyl sites for hydroxylation is 1. The van der Waals surface area contributed by atoms with Crippen molar-refractivity contribution < 1.29 is 22.6 Å². The number of nitrogens with zero attached hydrogens (tertiary/aromatic N) is 1. The van der Waals surface area contributed by atoms with Crippen LogP contribution in [-0.4, -0.2) is 49.3 Å². The summed E-state index contributed by atoms with van der Waals surface area (Å²) < 4.78 is 34.2. The lowest BCUT2D eigenvalue weighted by molar-refractivity contribution is -0.926. The minimum absolute atomic E-state index is 0.00171. The van der Waals surface area contributed by atoms with Gasteiger partial charge in [0.05, 0.1) is 25.6 Å². The lowest BCUT2D eigenvalue weighted by atomic mass is 10.1. The number of aliphatic hydroxyl groups is 1. The highest BCUT2D eigenvalue weighted by Gasteiger charge is 2.25. The molecule has 0 fully saturated rings. The topological polar surface area (TPSA) is 77.4 Å². The Labute approximate surface area is 114 Å². The molecule has 6 heteroatoms. The third kappa shape index (κ3) is 4.01. The van der Waals surface area contributed by atoms with Crippen molar-refractivity contribution in [3.8, 4) is 0 Å². The van der Waals surface area contributed by atoms with Gasteiger partial charge in [-0.25, -0.2) is 8.42 Å². The fraction of sp³-hybridized carbons (Fsp3) is 0.538. The molecular weight excluding hydrogens is 266 g/mol. The molecule has 1 aromatic rings. The second-order valence-corrected chi connectivity index (χ2v) is 6.88. The van der Waals surface area contributed by atoms with Gasteiger partial charge in [0, 0.05) is 5.56 Å². The van der Waals surface area contributed by atoms with E-state index in [-0.39, 0.29) is 17.5 Å². The summed E-state index contributed by atoms with van der Waals surface area (Å²) in [5.74, 6) is 0. The molecule has 1 rings (SSSR count). The van der Waals surface area contributed by atoms with Crippen LogP contribution in [0.3, 0.4) is 0 Å². The van der Waals surface area contributed by atoms with Crippen molar-refractivity contribution in [2.75, 3.05) is 20.7 Å². The van der Waals surface area contributed by atoms with Gasteiger partial charge in [-0.1, -0.05) is 11.6 Å². The van der Waals surface area contributed by atoms with E-state index in [0.717, 1.165) is 5.56 Å². The molecule has 0 aliphatic carbocycles. The first-order valence-electron chi connectivity index (χ1n) is 6.07. The monoisotopic (exact) mass is 287 g/mol. The Morgan fingerprint density at radius 1 is 1.37 bits per heavy atom. The third-order valence-corrected chi connectivity index (χ3v) is 4.46. The molecule has 0 heterocycles. The molecule has 0 saturated carbocycles. The van der Waals surface area contributed by atoms with Gasteiger partial charge in [0.2, 0.25) is 0 Å². The highest BCUT2D eigenvalue weighted by Crippen LogP contribution is 2.22. The van der Waals surface area contributed by atoms with Crippen LogP contribution in [0.15, 0.2) is 23.1 Å². The Kier molecular flexibility index (Phi) is 4.73. The summed E-state index contributed by atoms with van der Waals surface area (Å²) in [7, 11) is -0.691. The largest absolute Gasteiger partial charge is 0.744 e. The first kappa shape index (κ1) is 16.1. The van der Waals surface area contributed by atoms with Gasteiger partial charge in [0.25, 0.3) is 0 Å². The maximum atomic E-state index is 11.3. The normalized spacial score (nSPS) is 14.4. The van der Waals surface area contributed by atoms with E-state index < -0.39 is 10.1 Å². The number of hydrogen-bond acceptors (Lipinski definition) is 4. The highest BCUT2D eigenvalue weighted by atomic mass is 32.2. The van der Waals surface area contributed by atoms with E-state index in [1.54, 1.807) is 12.1 Å². The lowest BCUT2D eigenvalue weighted by Gasteiger charge is -2.36. The average Bonchev–Trinajstić information content (AvgIpc) is 2.25. The minimum atomic E-state index is -4.48. The minimum Gasteiger partial charge on any atom is -0.744 e. The van der Waals surface area contributed by atoms with Crippen LogP contribution in [0.2, 0.25) is 0 Å². The zero-order valence-electron chi connectivity index (χ0n) is 11.8. The molecule has 0 spiro atoms. The fourth-order valence-corrected chi connectivity index (χ4v) is 2.57. The second kappa shape index (κ2) is 5.58. The van der Waals surface area contributed by atoms with Crippen LogP contribution >= 0.6 is 0 Å². The lowest BCUT2D eigenvalue weighted by Crippen LogP contribution is -2.48. The molecule has 0 unspecified atom stereocenters. The van der Waals surface area contributed by atoms with Crippen molar-refractivity contribution >= 4 is 10.1 Å². The summed E-state index contributed by atoms with van der Waals surface area (Å²) >= 11 is 0. The standard InChI is InChI=1S/C13H21NO4S/c1-10-5-6-13(19(16,17)18)12(7-10)8-14(3,4)11(2)9-15/h5-7,11,15H,8-9H2,1-4H3/t11-/m1/s1. The fourth-order valence-electron chi connectivity index (χ4n) is 1.89.